The zero-order valence-corrected chi connectivity index (χ0v) is 13.8. The van der Waals surface area contributed by atoms with Gasteiger partial charge in [0.1, 0.15) is 12.3 Å². The van der Waals surface area contributed by atoms with Gasteiger partial charge in [0, 0.05) is 0 Å². The summed E-state index contributed by atoms with van der Waals surface area (Å²) in [6.45, 7) is 0.302. The molecule has 2 N–H and O–H groups in total. The summed E-state index contributed by atoms with van der Waals surface area (Å²) in [7, 11) is 0. The third-order valence-electron chi connectivity index (χ3n) is 3.33. The van der Waals surface area contributed by atoms with Gasteiger partial charge in [-0.05, 0) is 43.3 Å². The Labute approximate surface area is 148 Å². The van der Waals surface area contributed by atoms with E-state index in [2.05, 4.69) is 10.6 Å². The molecule has 0 aliphatic heterocycles. The lowest BCUT2D eigenvalue weighted by Crippen LogP contribution is -2.30. The topological polar surface area (TPSA) is 74.1 Å². The van der Waals surface area contributed by atoms with E-state index >= 15 is 0 Å². The van der Waals surface area contributed by atoms with E-state index in [1.807, 2.05) is 6.07 Å². The Hall–Kier alpha value is -3.21. The molecule has 2 aromatic carbocycles. The number of carbonyl (C=O) groups excluding carboxylic acids is 1. The maximum atomic E-state index is 12.4. The molecule has 1 unspecified atom stereocenters. The second-order valence-corrected chi connectivity index (χ2v) is 5.40. The molecule has 0 radical (unpaired) electrons. The molecule has 0 saturated heterocycles. The van der Waals surface area contributed by atoms with Crippen LogP contribution in [-0.4, -0.2) is 24.7 Å². The van der Waals surface area contributed by atoms with E-state index in [1.54, 1.807) is 36.4 Å². The molecule has 0 aliphatic carbocycles. The van der Waals surface area contributed by atoms with Gasteiger partial charge in [-0.2, -0.15) is 18.4 Å². The summed E-state index contributed by atoms with van der Waals surface area (Å²) in [5, 5.41) is 13.5. The first-order valence-corrected chi connectivity index (χ1v) is 7.66. The maximum Gasteiger partial charge on any atom is 0.405 e. The summed E-state index contributed by atoms with van der Waals surface area (Å²) in [5.74, 6) is -0.120. The Morgan fingerprint density at radius 2 is 1.77 bits per heavy atom. The number of hydrogen-bond donors (Lipinski definition) is 2. The normalized spacial score (nSPS) is 12.0. The minimum Gasteiger partial charge on any atom is -0.481 e. The number of benzene rings is 2. The van der Waals surface area contributed by atoms with Crippen molar-refractivity contribution in [1.82, 2.24) is 0 Å². The Kier molecular flexibility index (Phi) is 6.07. The summed E-state index contributed by atoms with van der Waals surface area (Å²) >= 11 is 0. The smallest absolute Gasteiger partial charge is 0.405 e. The molecule has 0 spiro atoms. The monoisotopic (exact) mass is 363 g/mol. The van der Waals surface area contributed by atoms with Crippen LogP contribution in [0.15, 0.2) is 48.5 Å². The third-order valence-corrected chi connectivity index (χ3v) is 3.33. The quantitative estimate of drug-likeness (QED) is 0.815. The molecule has 2 rings (SSSR count). The molecule has 0 heterocycles. The van der Waals surface area contributed by atoms with Gasteiger partial charge in [-0.3, -0.25) is 4.79 Å². The van der Waals surface area contributed by atoms with Crippen LogP contribution in [0.5, 0.6) is 5.75 Å². The standard InChI is InChI=1S/C18H16F3N3O2/c1-12(26-14-8-6-13(10-22)7-9-14)17(25)24-16-5-3-2-4-15(16)23-11-18(19,20)21/h2-9,12,23H,11H2,1H3,(H,24,25). The Morgan fingerprint density at radius 1 is 1.15 bits per heavy atom. The number of ether oxygens (including phenoxy) is 1. The van der Waals surface area contributed by atoms with Gasteiger partial charge < -0.3 is 15.4 Å². The lowest BCUT2D eigenvalue weighted by molar-refractivity contribution is -0.122. The van der Waals surface area contributed by atoms with Crippen LogP contribution in [0, 0.1) is 11.3 Å². The van der Waals surface area contributed by atoms with Crippen molar-refractivity contribution < 1.29 is 22.7 Å². The Bertz CT molecular complexity index is 799. The molecule has 1 amide bonds. The number of hydrogen-bond acceptors (Lipinski definition) is 4. The van der Waals surface area contributed by atoms with Crippen molar-refractivity contribution in [1.29, 1.82) is 5.26 Å². The van der Waals surface area contributed by atoms with E-state index in [0.717, 1.165) is 0 Å². The van der Waals surface area contributed by atoms with Gasteiger partial charge in [0.15, 0.2) is 6.10 Å². The first kappa shape index (κ1) is 19.1. The van der Waals surface area contributed by atoms with E-state index in [0.29, 0.717) is 11.3 Å². The molecule has 0 bridgehead atoms. The molecule has 0 saturated carbocycles. The van der Waals surface area contributed by atoms with Crippen LogP contribution in [0.4, 0.5) is 24.5 Å². The molecule has 0 aromatic heterocycles. The number of halogens is 3. The molecule has 26 heavy (non-hydrogen) atoms. The zero-order valence-electron chi connectivity index (χ0n) is 13.8. The average molecular weight is 363 g/mol. The van der Waals surface area contributed by atoms with Crippen molar-refractivity contribution in [2.45, 2.75) is 19.2 Å². The highest BCUT2D eigenvalue weighted by atomic mass is 19.4. The van der Waals surface area contributed by atoms with Crippen LogP contribution in [0.3, 0.4) is 0 Å². The number of alkyl halides is 3. The van der Waals surface area contributed by atoms with Crippen molar-refractivity contribution in [2.24, 2.45) is 0 Å². The van der Waals surface area contributed by atoms with Gasteiger partial charge in [0.2, 0.25) is 0 Å². The van der Waals surface area contributed by atoms with Crippen molar-refractivity contribution in [3.63, 3.8) is 0 Å². The molecule has 0 fully saturated rings. The Morgan fingerprint density at radius 3 is 2.35 bits per heavy atom. The van der Waals surface area contributed by atoms with Crippen LogP contribution in [0.2, 0.25) is 0 Å². The van der Waals surface area contributed by atoms with Gasteiger partial charge in [-0.25, -0.2) is 0 Å². The molecule has 0 aliphatic rings. The van der Waals surface area contributed by atoms with E-state index < -0.39 is 24.7 Å². The second-order valence-electron chi connectivity index (χ2n) is 5.40. The van der Waals surface area contributed by atoms with Crippen LogP contribution in [0.25, 0.3) is 0 Å². The van der Waals surface area contributed by atoms with Gasteiger partial charge in [0.25, 0.3) is 5.91 Å². The summed E-state index contributed by atoms with van der Waals surface area (Å²) in [6.07, 6.45) is -5.26. The molecular formula is C18H16F3N3O2. The van der Waals surface area contributed by atoms with Gasteiger partial charge in [-0.1, -0.05) is 12.1 Å². The highest BCUT2D eigenvalue weighted by Gasteiger charge is 2.27. The fourth-order valence-electron chi connectivity index (χ4n) is 2.04. The van der Waals surface area contributed by atoms with Crippen molar-refractivity contribution in [3.05, 3.63) is 54.1 Å². The fraction of sp³-hybridized carbons (Fsp3) is 0.222. The Balaban J connectivity index is 2.01. The molecule has 136 valence electrons. The summed E-state index contributed by atoms with van der Waals surface area (Å²) in [5.41, 5.74) is 0.833. The molecule has 2 aromatic rings. The summed E-state index contributed by atoms with van der Waals surface area (Å²) in [4.78, 5) is 12.3. The minimum absolute atomic E-state index is 0.156. The SMILES string of the molecule is CC(Oc1ccc(C#N)cc1)C(=O)Nc1ccccc1NCC(F)(F)F. The zero-order chi connectivity index (χ0) is 19.2. The van der Waals surface area contributed by atoms with Crippen LogP contribution in [0.1, 0.15) is 12.5 Å². The number of para-hydroxylation sites is 2. The van der Waals surface area contributed by atoms with Crippen LogP contribution in [-0.2, 0) is 4.79 Å². The average Bonchev–Trinajstić information content (AvgIpc) is 2.61. The van der Waals surface area contributed by atoms with E-state index in [9.17, 15) is 18.0 Å². The third kappa shape index (κ3) is 5.70. The number of nitrogens with one attached hydrogen (secondary N) is 2. The maximum absolute atomic E-state index is 12.4. The predicted octanol–water partition coefficient (Wildman–Crippen LogP) is 3.94. The van der Waals surface area contributed by atoms with Gasteiger partial charge >= 0.3 is 6.18 Å². The molecular weight excluding hydrogens is 347 g/mol. The number of nitrogens with zero attached hydrogens (tertiary/aromatic N) is 1. The van der Waals surface area contributed by atoms with Gasteiger partial charge in [0.05, 0.1) is 23.0 Å². The fourth-order valence-corrected chi connectivity index (χ4v) is 2.04. The first-order chi connectivity index (χ1) is 12.3. The molecule has 8 heteroatoms. The molecule has 1 atom stereocenters. The lowest BCUT2D eigenvalue weighted by atomic mass is 10.2. The second kappa shape index (κ2) is 8.25. The number of nitriles is 1. The summed E-state index contributed by atoms with van der Waals surface area (Å²) < 4.78 is 42.6. The van der Waals surface area contributed by atoms with Crippen molar-refractivity contribution >= 4 is 17.3 Å². The van der Waals surface area contributed by atoms with Crippen molar-refractivity contribution in [3.8, 4) is 11.8 Å². The van der Waals surface area contributed by atoms with E-state index in [1.165, 1.54) is 19.1 Å². The number of anilines is 2. The summed E-state index contributed by atoms with van der Waals surface area (Å²) in [6, 6.07) is 14.3. The van der Waals surface area contributed by atoms with Crippen LogP contribution >= 0.6 is 0 Å². The predicted molar refractivity (Wildman–Crippen MR) is 90.9 cm³/mol. The number of carbonyl (C=O) groups is 1. The van der Waals surface area contributed by atoms with E-state index in [-0.39, 0.29) is 11.4 Å². The van der Waals surface area contributed by atoms with Gasteiger partial charge in [-0.15, -0.1) is 0 Å². The largest absolute Gasteiger partial charge is 0.481 e. The number of rotatable bonds is 6. The first-order valence-electron chi connectivity index (χ1n) is 7.66. The highest BCUT2D eigenvalue weighted by Crippen LogP contribution is 2.24. The van der Waals surface area contributed by atoms with Crippen molar-refractivity contribution in [2.75, 3.05) is 17.2 Å². The molecule has 5 nitrogen and oxygen atoms in total. The van der Waals surface area contributed by atoms with E-state index in [4.69, 9.17) is 10.00 Å². The highest BCUT2D eigenvalue weighted by molar-refractivity contribution is 5.97. The minimum atomic E-state index is -4.37. The van der Waals surface area contributed by atoms with Crippen LogP contribution < -0.4 is 15.4 Å². The lowest BCUT2D eigenvalue weighted by Gasteiger charge is -2.17. The number of amides is 1.